The Morgan fingerprint density at radius 3 is 2.92 bits per heavy atom. The lowest BCUT2D eigenvalue weighted by molar-refractivity contribution is -0.149. The molecule has 0 aromatic carbocycles. The summed E-state index contributed by atoms with van der Waals surface area (Å²) in [5.41, 5.74) is -0.527. The molecule has 0 radical (unpaired) electrons. The SMILES string of the molecule is CC1(c2ccco2)CCC(=O)O1. The molecule has 0 bridgehead atoms. The fourth-order valence-corrected chi connectivity index (χ4v) is 1.45. The van der Waals surface area contributed by atoms with E-state index in [2.05, 4.69) is 0 Å². The van der Waals surface area contributed by atoms with Crippen LogP contribution < -0.4 is 0 Å². The van der Waals surface area contributed by atoms with Crippen LogP contribution in [0.1, 0.15) is 25.5 Å². The van der Waals surface area contributed by atoms with Crippen LogP contribution in [0, 0.1) is 0 Å². The predicted molar refractivity (Wildman–Crippen MR) is 41.4 cm³/mol. The smallest absolute Gasteiger partial charge is 0.306 e. The number of ether oxygens (including phenoxy) is 1. The summed E-state index contributed by atoms with van der Waals surface area (Å²) in [6.45, 7) is 1.87. The molecule has 2 rings (SSSR count). The first-order valence-corrected chi connectivity index (χ1v) is 3.96. The Morgan fingerprint density at radius 1 is 1.58 bits per heavy atom. The molecule has 2 heterocycles. The predicted octanol–water partition coefficient (Wildman–Crippen LogP) is 1.83. The lowest BCUT2D eigenvalue weighted by Gasteiger charge is -2.18. The van der Waals surface area contributed by atoms with Crippen molar-refractivity contribution in [2.45, 2.75) is 25.4 Å². The number of carbonyl (C=O) groups is 1. The van der Waals surface area contributed by atoms with Crippen LogP contribution in [0.25, 0.3) is 0 Å². The van der Waals surface area contributed by atoms with Gasteiger partial charge in [-0.2, -0.15) is 0 Å². The largest absolute Gasteiger partial charge is 0.465 e. The van der Waals surface area contributed by atoms with Crippen molar-refractivity contribution in [1.82, 2.24) is 0 Å². The molecular formula is C9H10O3. The molecule has 1 saturated heterocycles. The zero-order valence-corrected chi connectivity index (χ0v) is 6.87. The summed E-state index contributed by atoms with van der Waals surface area (Å²) < 4.78 is 10.4. The Morgan fingerprint density at radius 2 is 2.42 bits per heavy atom. The number of esters is 1. The van der Waals surface area contributed by atoms with E-state index in [0.29, 0.717) is 12.8 Å². The third kappa shape index (κ3) is 1.02. The molecule has 1 aliphatic rings. The summed E-state index contributed by atoms with van der Waals surface area (Å²) in [4.78, 5) is 10.9. The zero-order chi connectivity index (χ0) is 8.60. The summed E-state index contributed by atoms with van der Waals surface area (Å²) in [6.07, 6.45) is 2.78. The normalized spacial score (nSPS) is 28.9. The third-order valence-electron chi connectivity index (χ3n) is 2.19. The maximum Gasteiger partial charge on any atom is 0.306 e. The van der Waals surface area contributed by atoms with Gasteiger partial charge in [0, 0.05) is 12.8 Å². The number of hydrogen-bond donors (Lipinski definition) is 0. The second-order valence-electron chi connectivity index (χ2n) is 3.18. The third-order valence-corrected chi connectivity index (χ3v) is 2.19. The molecular weight excluding hydrogens is 156 g/mol. The topological polar surface area (TPSA) is 39.4 Å². The molecule has 1 aliphatic heterocycles. The number of rotatable bonds is 1. The van der Waals surface area contributed by atoms with E-state index in [4.69, 9.17) is 9.15 Å². The molecule has 3 nitrogen and oxygen atoms in total. The van der Waals surface area contributed by atoms with E-state index in [0.717, 1.165) is 5.76 Å². The van der Waals surface area contributed by atoms with Crippen molar-refractivity contribution in [3.8, 4) is 0 Å². The van der Waals surface area contributed by atoms with Gasteiger partial charge in [0.1, 0.15) is 5.76 Å². The van der Waals surface area contributed by atoms with Crippen molar-refractivity contribution in [2.75, 3.05) is 0 Å². The van der Waals surface area contributed by atoms with Gasteiger partial charge in [-0.15, -0.1) is 0 Å². The molecule has 3 heteroatoms. The average Bonchev–Trinajstić information content (AvgIpc) is 2.59. The van der Waals surface area contributed by atoms with Crippen LogP contribution in [0.2, 0.25) is 0 Å². The first-order valence-electron chi connectivity index (χ1n) is 3.96. The van der Waals surface area contributed by atoms with Crippen LogP contribution in [0.5, 0.6) is 0 Å². The van der Waals surface area contributed by atoms with Gasteiger partial charge >= 0.3 is 5.97 Å². The minimum absolute atomic E-state index is 0.145. The summed E-state index contributed by atoms with van der Waals surface area (Å²) in [5, 5.41) is 0. The Balaban J connectivity index is 2.28. The van der Waals surface area contributed by atoms with Gasteiger partial charge in [0.25, 0.3) is 0 Å². The van der Waals surface area contributed by atoms with Crippen LogP contribution in [0.15, 0.2) is 22.8 Å². The van der Waals surface area contributed by atoms with E-state index >= 15 is 0 Å². The highest BCUT2D eigenvalue weighted by Gasteiger charge is 2.39. The van der Waals surface area contributed by atoms with Crippen molar-refractivity contribution >= 4 is 5.97 Å². The highest BCUT2D eigenvalue weighted by Crippen LogP contribution is 2.36. The van der Waals surface area contributed by atoms with E-state index in [1.54, 1.807) is 12.3 Å². The highest BCUT2D eigenvalue weighted by molar-refractivity contribution is 5.72. The van der Waals surface area contributed by atoms with Crippen molar-refractivity contribution in [2.24, 2.45) is 0 Å². The highest BCUT2D eigenvalue weighted by atomic mass is 16.6. The first kappa shape index (κ1) is 7.40. The Bertz CT molecular complexity index is 289. The molecule has 0 N–H and O–H groups in total. The Labute approximate surface area is 70.3 Å². The molecule has 1 aromatic heterocycles. The molecule has 0 aliphatic carbocycles. The van der Waals surface area contributed by atoms with Gasteiger partial charge in [-0.3, -0.25) is 4.79 Å². The fraction of sp³-hybridized carbons (Fsp3) is 0.444. The molecule has 0 spiro atoms. The van der Waals surface area contributed by atoms with Gasteiger partial charge in [-0.05, 0) is 19.1 Å². The van der Waals surface area contributed by atoms with E-state index in [9.17, 15) is 4.79 Å². The van der Waals surface area contributed by atoms with Crippen molar-refractivity contribution in [3.63, 3.8) is 0 Å². The van der Waals surface area contributed by atoms with Crippen LogP contribution in [0.4, 0.5) is 0 Å². The fourth-order valence-electron chi connectivity index (χ4n) is 1.45. The van der Waals surface area contributed by atoms with Gasteiger partial charge in [-0.1, -0.05) is 0 Å². The lowest BCUT2D eigenvalue weighted by Crippen LogP contribution is -2.19. The maximum absolute atomic E-state index is 10.9. The van der Waals surface area contributed by atoms with E-state index < -0.39 is 5.60 Å². The van der Waals surface area contributed by atoms with Crippen LogP contribution in [0.3, 0.4) is 0 Å². The summed E-state index contributed by atoms with van der Waals surface area (Å²) in [6, 6.07) is 3.63. The standard InChI is InChI=1S/C9H10O3/c1-9(5-4-8(10)12-9)7-3-2-6-11-7/h2-3,6H,4-5H2,1H3. The minimum Gasteiger partial charge on any atom is -0.465 e. The van der Waals surface area contributed by atoms with Crippen LogP contribution in [-0.2, 0) is 15.1 Å². The molecule has 1 atom stereocenters. The van der Waals surface area contributed by atoms with Gasteiger partial charge in [0.15, 0.2) is 5.60 Å². The van der Waals surface area contributed by atoms with Gasteiger partial charge in [0.05, 0.1) is 6.26 Å². The van der Waals surface area contributed by atoms with Crippen molar-refractivity contribution in [1.29, 1.82) is 0 Å². The minimum atomic E-state index is -0.527. The van der Waals surface area contributed by atoms with Crippen LogP contribution >= 0.6 is 0 Å². The summed E-state index contributed by atoms with van der Waals surface area (Å²) >= 11 is 0. The second-order valence-corrected chi connectivity index (χ2v) is 3.18. The molecule has 0 amide bonds. The van der Waals surface area contributed by atoms with Crippen molar-refractivity contribution in [3.05, 3.63) is 24.2 Å². The first-order chi connectivity index (χ1) is 5.71. The van der Waals surface area contributed by atoms with Crippen LogP contribution in [-0.4, -0.2) is 5.97 Å². The molecule has 12 heavy (non-hydrogen) atoms. The summed E-state index contributed by atoms with van der Waals surface area (Å²) in [7, 11) is 0. The molecule has 0 saturated carbocycles. The number of carbonyl (C=O) groups excluding carboxylic acids is 1. The molecule has 1 fully saturated rings. The molecule has 64 valence electrons. The van der Waals surface area contributed by atoms with E-state index in [1.807, 2.05) is 13.0 Å². The number of cyclic esters (lactones) is 1. The number of hydrogen-bond acceptors (Lipinski definition) is 3. The monoisotopic (exact) mass is 166 g/mol. The Kier molecular flexibility index (Phi) is 1.46. The maximum atomic E-state index is 10.9. The summed E-state index contributed by atoms with van der Waals surface area (Å²) in [5.74, 6) is 0.585. The average molecular weight is 166 g/mol. The lowest BCUT2D eigenvalue weighted by atomic mass is 10.00. The number of furan rings is 1. The quantitative estimate of drug-likeness (QED) is 0.597. The van der Waals surface area contributed by atoms with E-state index in [-0.39, 0.29) is 5.97 Å². The Hall–Kier alpha value is -1.25. The van der Waals surface area contributed by atoms with Gasteiger partial charge < -0.3 is 9.15 Å². The molecule has 1 unspecified atom stereocenters. The van der Waals surface area contributed by atoms with Gasteiger partial charge in [0.2, 0.25) is 0 Å². The second kappa shape index (κ2) is 2.37. The molecule has 1 aromatic rings. The van der Waals surface area contributed by atoms with E-state index in [1.165, 1.54) is 0 Å². The zero-order valence-electron chi connectivity index (χ0n) is 6.87. The van der Waals surface area contributed by atoms with Gasteiger partial charge in [-0.25, -0.2) is 0 Å². The van der Waals surface area contributed by atoms with Crippen molar-refractivity contribution < 1.29 is 13.9 Å².